The van der Waals surface area contributed by atoms with E-state index in [-0.39, 0.29) is 21.7 Å². The van der Waals surface area contributed by atoms with Crippen molar-refractivity contribution in [1.29, 1.82) is 0 Å². The molecule has 0 bridgehead atoms. The summed E-state index contributed by atoms with van der Waals surface area (Å²) in [6.07, 6.45) is 1.62. The van der Waals surface area contributed by atoms with Crippen molar-refractivity contribution in [3.05, 3.63) is 69.8 Å². The number of nitro groups is 1. The molecular weight excluding hydrogens is 424 g/mol. The molecule has 1 aliphatic heterocycles. The first-order valence-corrected chi connectivity index (χ1v) is 11.2. The van der Waals surface area contributed by atoms with E-state index in [4.69, 9.17) is 4.74 Å². The summed E-state index contributed by atoms with van der Waals surface area (Å²) in [5, 5.41) is 10.8. The Hall–Kier alpha value is -3.11. The summed E-state index contributed by atoms with van der Waals surface area (Å²) in [6.45, 7) is 2.43. The van der Waals surface area contributed by atoms with Gasteiger partial charge in [0.2, 0.25) is 15.8 Å². The molecule has 0 unspecified atom stereocenters. The minimum absolute atomic E-state index is 0.0549. The van der Waals surface area contributed by atoms with Crippen LogP contribution in [0.4, 0.5) is 5.69 Å². The van der Waals surface area contributed by atoms with E-state index in [1.54, 1.807) is 0 Å². The SMILES string of the molecule is CC1CCN(S(=O)(=O)c2ccc(C(=O)OCC(=O)c3cccc([N+](=O)[O-])c3)cc2)CC1. The van der Waals surface area contributed by atoms with Gasteiger partial charge in [0, 0.05) is 30.8 Å². The standard InChI is InChI=1S/C21H22N2O7S/c1-15-9-11-22(12-10-15)31(28,29)19-7-5-16(6-8-19)21(25)30-14-20(24)17-3-2-4-18(13-17)23(26)27/h2-8,13,15H,9-12,14H2,1H3. The number of nitrogens with zero attached hydrogens (tertiary/aromatic N) is 2. The average molecular weight is 446 g/mol. The molecule has 0 saturated carbocycles. The summed E-state index contributed by atoms with van der Waals surface area (Å²) >= 11 is 0. The van der Waals surface area contributed by atoms with Gasteiger partial charge in [-0.25, -0.2) is 13.2 Å². The monoisotopic (exact) mass is 446 g/mol. The maximum absolute atomic E-state index is 12.7. The second kappa shape index (κ2) is 9.36. The van der Waals surface area contributed by atoms with E-state index < -0.39 is 33.3 Å². The van der Waals surface area contributed by atoms with Crippen LogP contribution in [-0.4, -0.2) is 49.1 Å². The van der Waals surface area contributed by atoms with Crippen LogP contribution >= 0.6 is 0 Å². The van der Waals surface area contributed by atoms with Crippen LogP contribution in [0.3, 0.4) is 0 Å². The first kappa shape index (κ1) is 22.6. The van der Waals surface area contributed by atoms with Crippen molar-refractivity contribution in [1.82, 2.24) is 4.31 Å². The molecule has 1 aliphatic rings. The van der Waals surface area contributed by atoms with Crippen molar-refractivity contribution < 1.29 is 27.7 Å². The van der Waals surface area contributed by atoms with Crippen LogP contribution in [0.25, 0.3) is 0 Å². The van der Waals surface area contributed by atoms with Gasteiger partial charge in [-0.1, -0.05) is 19.1 Å². The first-order chi connectivity index (χ1) is 14.7. The number of hydrogen-bond acceptors (Lipinski definition) is 7. The molecule has 164 valence electrons. The van der Waals surface area contributed by atoms with Crippen LogP contribution in [0.1, 0.15) is 40.5 Å². The van der Waals surface area contributed by atoms with Crippen LogP contribution in [0.5, 0.6) is 0 Å². The van der Waals surface area contributed by atoms with E-state index >= 15 is 0 Å². The zero-order chi connectivity index (χ0) is 22.6. The quantitative estimate of drug-likeness (QED) is 0.277. The largest absolute Gasteiger partial charge is 0.454 e. The minimum Gasteiger partial charge on any atom is -0.454 e. The third-order valence-electron chi connectivity index (χ3n) is 5.18. The van der Waals surface area contributed by atoms with Gasteiger partial charge in [0.15, 0.2) is 6.61 Å². The molecule has 0 spiro atoms. The summed E-state index contributed by atoms with van der Waals surface area (Å²) in [7, 11) is -3.63. The summed E-state index contributed by atoms with van der Waals surface area (Å²) < 4.78 is 31.9. The lowest BCUT2D eigenvalue weighted by atomic mass is 10.0. The highest BCUT2D eigenvalue weighted by Gasteiger charge is 2.28. The molecule has 0 aromatic heterocycles. The molecule has 1 saturated heterocycles. The van der Waals surface area contributed by atoms with E-state index in [1.165, 1.54) is 46.8 Å². The van der Waals surface area contributed by atoms with Gasteiger partial charge in [0.05, 0.1) is 15.4 Å². The van der Waals surface area contributed by atoms with Crippen molar-refractivity contribution in [2.75, 3.05) is 19.7 Å². The summed E-state index contributed by atoms with van der Waals surface area (Å²) in [5.74, 6) is -0.890. The van der Waals surface area contributed by atoms with Crippen molar-refractivity contribution in [2.45, 2.75) is 24.7 Å². The van der Waals surface area contributed by atoms with E-state index in [9.17, 15) is 28.1 Å². The highest BCUT2D eigenvalue weighted by molar-refractivity contribution is 7.89. The molecule has 0 aliphatic carbocycles. The zero-order valence-corrected chi connectivity index (χ0v) is 17.7. The molecule has 2 aromatic carbocycles. The second-order valence-corrected chi connectivity index (χ2v) is 9.36. The van der Waals surface area contributed by atoms with Gasteiger partial charge in [0.1, 0.15) is 0 Å². The molecule has 31 heavy (non-hydrogen) atoms. The molecule has 10 heteroatoms. The van der Waals surface area contributed by atoms with Gasteiger partial charge in [-0.2, -0.15) is 4.31 Å². The van der Waals surface area contributed by atoms with Crippen LogP contribution in [0.15, 0.2) is 53.4 Å². The molecular formula is C21H22N2O7S. The number of piperidine rings is 1. The van der Waals surface area contributed by atoms with E-state index in [2.05, 4.69) is 6.92 Å². The number of benzene rings is 2. The predicted molar refractivity (Wildman–Crippen MR) is 111 cm³/mol. The van der Waals surface area contributed by atoms with Crippen LogP contribution in [0.2, 0.25) is 0 Å². The Balaban J connectivity index is 1.62. The van der Waals surface area contributed by atoms with Gasteiger partial charge in [-0.05, 0) is 43.0 Å². The van der Waals surface area contributed by atoms with E-state index in [1.807, 2.05) is 0 Å². The number of ketones is 1. The number of carbonyl (C=O) groups is 2. The van der Waals surface area contributed by atoms with E-state index in [0.29, 0.717) is 19.0 Å². The number of esters is 1. The molecule has 0 amide bonds. The minimum atomic E-state index is -3.63. The zero-order valence-electron chi connectivity index (χ0n) is 16.9. The molecule has 1 heterocycles. The number of Topliss-reactive ketones (excluding diaryl/α,β-unsaturated/α-hetero) is 1. The van der Waals surface area contributed by atoms with E-state index in [0.717, 1.165) is 18.9 Å². The van der Waals surface area contributed by atoms with Gasteiger partial charge < -0.3 is 4.74 Å². The second-order valence-electron chi connectivity index (χ2n) is 7.42. The highest BCUT2D eigenvalue weighted by atomic mass is 32.2. The topological polar surface area (TPSA) is 124 Å². The number of hydrogen-bond donors (Lipinski definition) is 0. The lowest BCUT2D eigenvalue weighted by Crippen LogP contribution is -2.37. The summed E-state index contributed by atoms with van der Waals surface area (Å²) in [6, 6.07) is 10.5. The number of sulfonamides is 1. The molecule has 0 radical (unpaired) electrons. The molecule has 0 N–H and O–H groups in total. The Kier molecular flexibility index (Phi) is 6.81. The Bertz CT molecular complexity index is 1090. The summed E-state index contributed by atoms with van der Waals surface area (Å²) in [4.78, 5) is 34.6. The molecule has 0 atom stereocenters. The number of non-ortho nitro benzene ring substituents is 1. The predicted octanol–water partition coefficient (Wildman–Crippen LogP) is 3.06. The maximum atomic E-state index is 12.7. The van der Waals surface area contributed by atoms with Gasteiger partial charge >= 0.3 is 5.97 Å². The molecule has 3 rings (SSSR count). The third-order valence-corrected chi connectivity index (χ3v) is 7.10. The lowest BCUT2D eigenvalue weighted by molar-refractivity contribution is -0.384. The number of rotatable bonds is 7. The van der Waals surface area contributed by atoms with Crippen molar-refractivity contribution >= 4 is 27.5 Å². The van der Waals surface area contributed by atoms with Crippen molar-refractivity contribution in [3.8, 4) is 0 Å². The third kappa shape index (κ3) is 5.33. The van der Waals surface area contributed by atoms with Crippen LogP contribution in [-0.2, 0) is 14.8 Å². The normalized spacial score (nSPS) is 15.4. The number of nitro benzene ring substituents is 1. The number of carbonyl (C=O) groups excluding carboxylic acids is 2. The average Bonchev–Trinajstić information content (AvgIpc) is 2.77. The van der Waals surface area contributed by atoms with Crippen LogP contribution in [0, 0.1) is 16.0 Å². The Morgan fingerprint density at radius 3 is 2.35 bits per heavy atom. The number of ether oxygens (including phenoxy) is 1. The molecule has 1 fully saturated rings. The Morgan fingerprint density at radius 1 is 1.10 bits per heavy atom. The Labute approximate surface area is 179 Å². The fourth-order valence-corrected chi connectivity index (χ4v) is 4.70. The molecule has 2 aromatic rings. The van der Waals surface area contributed by atoms with Crippen LogP contribution < -0.4 is 0 Å². The first-order valence-electron chi connectivity index (χ1n) is 9.73. The fourth-order valence-electron chi connectivity index (χ4n) is 3.23. The summed E-state index contributed by atoms with van der Waals surface area (Å²) in [5.41, 5.74) is -0.0884. The smallest absolute Gasteiger partial charge is 0.338 e. The van der Waals surface area contributed by atoms with Gasteiger partial charge in [-0.3, -0.25) is 14.9 Å². The Morgan fingerprint density at radius 2 is 1.74 bits per heavy atom. The highest BCUT2D eigenvalue weighted by Crippen LogP contribution is 2.23. The van der Waals surface area contributed by atoms with Crippen molar-refractivity contribution in [2.24, 2.45) is 5.92 Å². The fraction of sp³-hybridized carbons (Fsp3) is 0.333. The molecule has 9 nitrogen and oxygen atoms in total. The maximum Gasteiger partial charge on any atom is 0.338 e. The lowest BCUT2D eigenvalue weighted by Gasteiger charge is -2.29. The van der Waals surface area contributed by atoms with Gasteiger partial charge in [0.25, 0.3) is 5.69 Å². The van der Waals surface area contributed by atoms with Crippen molar-refractivity contribution in [3.63, 3.8) is 0 Å². The van der Waals surface area contributed by atoms with Gasteiger partial charge in [-0.15, -0.1) is 0 Å².